The fourth-order valence-corrected chi connectivity index (χ4v) is 6.57. The summed E-state index contributed by atoms with van der Waals surface area (Å²) >= 11 is 0. The number of carbonyl (C=O) groups is 1. The quantitative estimate of drug-likeness (QED) is 0.436. The summed E-state index contributed by atoms with van der Waals surface area (Å²) in [4.78, 5) is 11.4. The number of aldehydes is 1. The number of hydrogen-bond donors (Lipinski definition) is 0. The van der Waals surface area contributed by atoms with Gasteiger partial charge < -0.3 is 11.3 Å². The Morgan fingerprint density at radius 1 is 1.04 bits per heavy atom. The van der Waals surface area contributed by atoms with Crippen LogP contribution in [0.2, 0.25) is 18.1 Å². The Morgan fingerprint density at radius 3 is 1.96 bits per heavy atom. The van der Waals surface area contributed by atoms with Crippen LogP contribution in [0.15, 0.2) is 41.0 Å². The molecule has 2 nitrogen and oxygen atoms in total. The molecule has 132 valence electrons. The van der Waals surface area contributed by atoms with Gasteiger partial charge in [0, 0.05) is 5.56 Å². The van der Waals surface area contributed by atoms with E-state index in [4.69, 9.17) is 4.42 Å². The van der Waals surface area contributed by atoms with Crippen LogP contribution in [0.5, 0.6) is 0 Å². The molecule has 4 heteroatoms. The minimum atomic E-state index is -1.64. The van der Waals surface area contributed by atoms with Crippen molar-refractivity contribution in [2.75, 3.05) is 0 Å². The molecular formula is C21H31LiO2Si. The van der Waals surface area contributed by atoms with Crippen molar-refractivity contribution in [3.05, 3.63) is 49.1 Å². The van der Waals surface area contributed by atoms with Crippen LogP contribution in [-0.2, 0) is 0 Å². The second kappa shape index (κ2) is 12.4. The molecule has 1 heterocycles. The van der Waals surface area contributed by atoms with Gasteiger partial charge in [-0.25, -0.2) is 0 Å². The largest absolute Gasteiger partial charge is 1.00 e. The molecular weight excluding hydrogens is 319 g/mol. The van der Waals surface area contributed by atoms with E-state index in [0.29, 0.717) is 5.56 Å². The van der Waals surface area contributed by atoms with Gasteiger partial charge in [0.2, 0.25) is 0 Å². The molecule has 2 aromatic rings. The maximum Gasteiger partial charge on any atom is 1.00 e. The summed E-state index contributed by atoms with van der Waals surface area (Å²) in [5.74, 6) is 0. The van der Waals surface area contributed by atoms with Crippen molar-refractivity contribution in [3.63, 3.8) is 0 Å². The van der Waals surface area contributed by atoms with Crippen molar-refractivity contribution in [1.82, 2.24) is 0 Å². The number of benzene rings is 1. The van der Waals surface area contributed by atoms with Crippen LogP contribution in [0.25, 0.3) is 11.1 Å². The summed E-state index contributed by atoms with van der Waals surface area (Å²) in [5.41, 5.74) is 2.79. The Labute approximate surface area is 166 Å². The Hall–Kier alpha value is -1.02. The summed E-state index contributed by atoms with van der Waals surface area (Å²) in [5, 5.41) is 1.10. The monoisotopic (exact) mass is 350 g/mol. The van der Waals surface area contributed by atoms with Crippen molar-refractivity contribution in [2.45, 2.75) is 58.7 Å². The van der Waals surface area contributed by atoms with Crippen molar-refractivity contribution in [2.24, 2.45) is 0 Å². The molecule has 0 fully saturated rings. The Kier molecular flexibility index (Phi) is 11.9. The maximum atomic E-state index is 11.4. The molecule has 2 rings (SSSR count). The SMILES string of the molecule is CC[Si](CC)(CC)c1occ(C=O)c1-c1ccccc1.[CH2-]CCC.[Li+]. The standard InChI is InChI=1S/C17H22O2Si.C4H9.Li/c1-4-20(5-2,6-3)17-16(15(12-18)13-19-17)14-10-8-7-9-11-14;1-3-4-2;/h7-13H,4-6H2,1-3H3;1,3-4H2,2H3;/q;-1;+1. The minimum Gasteiger partial charge on any atom is -0.473 e. The fraction of sp³-hybridized carbons (Fsp3) is 0.429. The Morgan fingerprint density at radius 2 is 1.56 bits per heavy atom. The average Bonchev–Trinajstić information content (AvgIpc) is 3.09. The van der Waals surface area contributed by atoms with E-state index in [0.717, 1.165) is 47.3 Å². The third-order valence-electron chi connectivity index (χ3n) is 4.87. The molecule has 0 atom stereocenters. The summed E-state index contributed by atoms with van der Waals surface area (Å²) < 4.78 is 5.91. The van der Waals surface area contributed by atoms with Crippen LogP contribution in [0.1, 0.15) is 50.9 Å². The van der Waals surface area contributed by atoms with E-state index >= 15 is 0 Å². The molecule has 0 aliphatic carbocycles. The van der Waals surface area contributed by atoms with E-state index in [1.165, 1.54) is 6.42 Å². The molecule has 0 bridgehead atoms. The zero-order chi connectivity index (χ0) is 18.0. The molecule has 0 saturated heterocycles. The topological polar surface area (TPSA) is 30.2 Å². The minimum absolute atomic E-state index is 0. The molecule has 0 saturated carbocycles. The second-order valence-electron chi connectivity index (χ2n) is 6.07. The van der Waals surface area contributed by atoms with Gasteiger partial charge >= 0.3 is 18.9 Å². The van der Waals surface area contributed by atoms with Crippen molar-refractivity contribution in [1.29, 1.82) is 0 Å². The molecule has 0 amide bonds. The van der Waals surface area contributed by atoms with Crippen molar-refractivity contribution in [3.8, 4) is 11.1 Å². The molecule has 0 aliphatic heterocycles. The van der Waals surface area contributed by atoms with Crippen LogP contribution in [0, 0.1) is 6.92 Å². The number of unbranched alkanes of at least 4 members (excludes halogenated alkanes) is 1. The zero-order valence-corrected chi connectivity index (χ0v) is 17.6. The third-order valence-corrected chi connectivity index (χ3v) is 10.3. The number of hydrogen-bond acceptors (Lipinski definition) is 2. The average molecular weight is 351 g/mol. The molecule has 0 spiro atoms. The van der Waals surface area contributed by atoms with Gasteiger partial charge in [0.15, 0.2) is 6.29 Å². The fourth-order valence-electron chi connectivity index (χ4n) is 2.98. The van der Waals surface area contributed by atoms with E-state index in [-0.39, 0.29) is 18.9 Å². The summed E-state index contributed by atoms with van der Waals surface area (Å²) in [7, 11) is -1.64. The first kappa shape index (κ1) is 24.0. The first-order valence-electron chi connectivity index (χ1n) is 9.05. The van der Waals surface area contributed by atoms with Crippen LogP contribution >= 0.6 is 0 Å². The first-order valence-corrected chi connectivity index (χ1v) is 11.7. The molecule has 0 radical (unpaired) electrons. The van der Waals surface area contributed by atoms with E-state index in [2.05, 4.69) is 46.8 Å². The van der Waals surface area contributed by atoms with Crippen LogP contribution in [-0.4, -0.2) is 14.4 Å². The molecule has 0 aliphatic rings. The van der Waals surface area contributed by atoms with Gasteiger partial charge in [-0.2, -0.15) is 6.42 Å². The third kappa shape index (κ3) is 5.74. The molecule has 1 aromatic heterocycles. The maximum absolute atomic E-state index is 11.4. The number of furan rings is 1. The molecule has 1 aromatic carbocycles. The van der Waals surface area contributed by atoms with Crippen LogP contribution in [0.4, 0.5) is 0 Å². The molecule has 0 N–H and O–H groups in total. The van der Waals surface area contributed by atoms with Crippen LogP contribution in [0.3, 0.4) is 0 Å². The Bertz CT molecular complexity index is 593. The van der Waals surface area contributed by atoms with Gasteiger partial charge in [-0.1, -0.05) is 82.6 Å². The van der Waals surface area contributed by atoms with Gasteiger partial charge in [-0.15, -0.1) is 0 Å². The van der Waals surface area contributed by atoms with Gasteiger partial charge in [-0.05, 0) is 5.56 Å². The van der Waals surface area contributed by atoms with E-state index in [9.17, 15) is 4.79 Å². The van der Waals surface area contributed by atoms with Gasteiger partial charge in [0.05, 0.1) is 10.9 Å². The number of rotatable bonds is 7. The molecule has 25 heavy (non-hydrogen) atoms. The number of carbonyl (C=O) groups excluding carboxylic acids is 1. The van der Waals surface area contributed by atoms with E-state index in [1.54, 1.807) is 6.26 Å². The van der Waals surface area contributed by atoms with Gasteiger partial charge in [0.25, 0.3) is 0 Å². The Balaban J connectivity index is 0.00000104. The normalized spacial score (nSPS) is 10.4. The predicted octanol–water partition coefficient (Wildman–Crippen LogP) is 3.10. The summed E-state index contributed by atoms with van der Waals surface area (Å²) in [6, 6.07) is 13.6. The predicted molar refractivity (Wildman–Crippen MR) is 107 cm³/mol. The van der Waals surface area contributed by atoms with Crippen molar-refractivity contribution >= 4 is 19.7 Å². The second-order valence-corrected chi connectivity index (χ2v) is 11.2. The zero-order valence-electron chi connectivity index (χ0n) is 16.6. The smallest absolute Gasteiger partial charge is 0.473 e. The van der Waals surface area contributed by atoms with Crippen LogP contribution < -0.4 is 24.2 Å². The van der Waals surface area contributed by atoms with Gasteiger partial charge in [0.1, 0.15) is 14.3 Å². The summed E-state index contributed by atoms with van der Waals surface area (Å²) in [6.07, 6.45) is 4.82. The van der Waals surface area contributed by atoms with E-state index < -0.39 is 8.07 Å². The molecule has 0 unspecified atom stereocenters. The van der Waals surface area contributed by atoms with Crippen molar-refractivity contribution < 1.29 is 28.1 Å². The van der Waals surface area contributed by atoms with E-state index in [1.807, 2.05) is 18.2 Å². The summed E-state index contributed by atoms with van der Waals surface area (Å²) in [6.45, 7) is 12.5. The first-order chi connectivity index (χ1) is 11.6. The van der Waals surface area contributed by atoms with Gasteiger partial charge in [-0.3, -0.25) is 4.79 Å².